The Kier molecular flexibility index (Phi) is 4.55. The molecule has 1 aromatic rings. The number of aromatic nitrogens is 2. The predicted molar refractivity (Wildman–Crippen MR) is 65.4 cm³/mol. The minimum Gasteiger partial charge on any atom is -0.354 e. The second-order valence-corrected chi connectivity index (χ2v) is 5.88. The summed E-state index contributed by atoms with van der Waals surface area (Å²) in [6.07, 6.45) is -3.71. The average Bonchev–Trinajstić information content (AvgIpc) is 2.64. The Labute approximate surface area is 108 Å². The van der Waals surface area contributed by atoms with Gasteiger partial charge in [-0.15, -0.1) is 10.2 Å². The van der Waals surface area contributed by atoms with E-state index in [9.17, 15) is 13.2 Å². The van der Waals surface area contributed by atoms with Crippen LogP contribution in [0.25, 0.3) is 0 Å². The van der Waals surface area contributed by atoms with Gasteiger partial charge in [-0.25, -0.2) is 0 Å². The van der Waals surface area contributed by atoms with E-state index in [0.29, 0.717) is 23.8 Å². The van der Waals surface area contributed by atoms with Crippen LogP contribution in [0.2, 0.25) is 0 Å². The van der Waals surface area contributed by atoms with Crippen molar-refractivity contribution >= 4 is 16.5 Å². The van der Waals surface area contributed by atoms with Crippen molar-refractivity contribution in [2.24, 2.45) is 11.7 Å². The summed E-state index contributed by atoms with van der Waals surface area (Å²) in [5.74, 6) is 0.376. The molecule has 1 aromatic heterocycles. The summed E-state index contributed by atoms with van der Waals surface area (Å²) in [6, 6.07) is 0. The lowest BCUT2D eigenvalue weighted by Gasteiger charge is -2.30. The lowest BCUT2D eigenvalue weighted by Crippen LogP contribution is -2.43. The molecule has 104 valence electrons. The first-order valence-corrected chi connectivity index (χ1v) is 6.37. The Morgan fingerprint density at radius 2 is 1.94 bits per heavy atom. The van der Waals surface area contributed by atoms with Gasteiger partial charge in [0.1, 0.15) is 0 Å². The largest absolute Gasteiger partial charge is 0.445 e. The van der Waals surface area contributed by atoms with Crippen molar-refractivity contribution < 1.29 is 13.2 Å². The van der Waals surface area contributed by atoms with E-state index < -0.39 is 16.7 Å². The summed E-state index contributed by atoms with van der Waals surface area (Å²) < 4.78 is 37.1. The molecular weight excluding hydrogens is 265 g/mol. The van der Waals surface area contributed by atoms with E-state index in [-0.39, 0.29) is 5.13 Å². The monoisotopic (exact) mass is 282 g/mol. The molecule has 1 atom stereocenters. The molecule has 1 rings (SSSR count). The van der Waals surface area contributed by atoms with Crippen LogP contribution in [0.1, 0.15) is 32.2 Å². The standard InChI is InChI=1S/C10H17F3N4S/c1-6(2)4-9(3,5-14)15-8-17-16-7(18-8)10(11,12)13/h6H,4-5,14H2,1-3H3,(H,15,17). The molecule has 18 heavy (non-hydrogen) atoms. The fourth-order valence-corrected chi connectivity index (χ4v) is 2.49. The van der Waals surface area contributed by atoms with E-state index >= 15 is 0 Å². The molecule has 0 aliphatic rings. The van der Waals surface area contributed by atoms with Crippen LogP contribution in [-0.4, -0.2) is 22.3 Å². The highest BCUT2D eigenvalue weighted by atomic mass is 32.1. The number of rotatable bonds is 5. The molecule has 8 heteroatoms. The van der Waals surface area contributed by atoms with Gasteiger partial charge in [-0.1, -0.05) is 25.2 Å². The van der Waals surface area contributed by atoms with Gasteiger partial charge in [0.2, 0.25) is 10.1 Å². The Morgan fingerprint density at radius 3 is 2.33 bits per heavy atom. The van der Waals surface area contributed by atoms with Gasteiger partial charge in [0.25, 0.3) is 0 Å². The van der Waals surface area contributed by atoms with Crippen LogP contribution < -0.4 is 11.1 Å². The first-order valence-electron chi connectivity index (χ1n) is 5.55. The molecule has 3 N–H and O–H groups in total. The summed E-state index contributed by atoms with van der Waals surface area (Å²) in [6.45, 7) is 6.22. The number of halogens is 3. The molecule has 0 saturated carbocycles. The maximum Gasteiger partial charge on any atom is 0.445 e. The van der Waals surface area contributed by atoms with E-state index in [0.717, 1.165) is 6.42 Å². The molecule has 0 fully saturated rings. The van der Waals surface area contributed by atoms with E-state index in [4.69, 9.17) is 5.73 Å². The predicted octanol–water partition coefficient (Wildman–Crippen LogP) is 2.73. The van der Waals surface area contributed by atoms with Crippen molar-refractivity contribution in [1.29, 1.82) is 0 Å². The minimum atomic E-state index is -4.45. The molecule has 1 unspecified atom stereocenters. The third-order valence-corrected chi connectivity index (χ3v) is 3.27. The van der Waals surface area contributed by atoms with Gasteiger partial charge in [0.05, 0.1) is 0 Å². The number of alkyl halides is 3. The maximum atomic E-state index is 12.4. The molecule has 0 saturated heterocycles. The number of nitrogens with one attached hydrogen (secondary N) is 1. The van der Waals surface area contributed by atoms with Gasteiger partial charge >= 0.3 is 6.18 Å². The molecule has 4 nitrogen and oxygen atoms in total. The lowest BCUT2D eigenvalue weighted by atomic mass is 9.91. The third kappa shape index (κ3) is 4.09. The minimum absolute atomic E-state index is 0.149. The fraction of sp³-hybridized carbons (Fsp3) is 0.800. The molecule has 0 spiro atoms. The van der Waals surface area contributed by atoms with Crippen molar-refractivity contribution in [3.8, 4) is 0 Å². The number of hydrogen-bond donors (Lipinski definition) is 2. The van der Waals surface area contributed by atoms with E-state index in [1.165, 1.54) is 0 Å². The molecule has 0 aliphatic heterocycles. The van der Waals surface area contributed by atoms with Gasteiger partial charge in [-0.05, 0) is 19.3 Å². The summed E-state index contributed by atoms with van der Waals surface area (Å²) in [7, 11) is 0. The Balaban J connectivity index is 2.80. The van der Waals surface area contributed by atoms with Crippen LogP contribution in [0.3, 0.4) is 0 Å². The summed E-state index contributed by atoms with van der Waals surface area (Å²) in [5, 5.41) is 8.78. The SMILES string of the molecule is CC(C)CC(C)(CN)Nc1nnc(C(F)(F)F)s1. The highest BCUT2D eigenvalue weighted by Crippen LogP contribution is 2.34. The van der Waals surface area contributed by atoms with Crippen molar-refractivity contribution in [2.45, 2.75) is 38.9 Å². The number of hydrogen-bond acceptors (Lipinski definition) is 5. The van der Waals surface area contributed by atoms with Crippen LogP contribution >= 0.6 is 11.3 Å². The Morgan fingerprint density at radius 1 is 1.33 bits per heavy atom. The van der Waals surface area contributed by atoms with Gasteiger partial charge in [0, 0.05) is 12.1 Å². The third-order valence-electron chi connectivity index (χ3n) is 2.39. The first kappa shape index (κ1) is 15.2. The van der Waals surface area contributed by atoms with Crippen LogP contribution in [0.15, 0.2) is 0 Å². The summed E-state index contributed by atoms with van der Waals surface area (Å²) in [5.41, 5.74) is 5.19. The summed E-state index contributed by atoms with van der Waals surface area (Å²) in [4.78, 5) is 0. The smallest absolute Gasteiger partial charge is 0.354 e. The fourth-order valence-electron chi connectivity index (χ4n) is 1.73. The number of anilines is 1. The van der Waals surface area contributed by atoms with Crippen LogP contribution in [0, 0.1) is 5.92 Å². The second kappa shape index (κ2) is 5.40. The Bertz CT molecular complexity index is 391. The van der Waals surface area contributed by atoms with Gasteiger partial charge in [-0.2, -0.15) is 13.2 Å². The van der Waals surface area contributed by atoms with Crippen LogP contribution in [0.5, 0.6) is 0 Å². The van der Waals surface area contributed by atoms with Gasteiger partial charge < -0.3 is 11.1 Å². The van der Waals surface area contributed by atoms with Crippen LogP contribution in [-0.2, 0) is 6.18 Å². The number of nitrogens with zero attached hydrogens (tertiary/aromatic N) is 2. The quantitative estimate of drug-likeness (QED) is 0.871. The summed E-state index contributed by atoms with van der Waals surface area (Å²) >= 11 is 0.495. The normalized spacial score (nSPS) is 15.8. The molecule has 1 heterocycles. The lowest BCUT2D eigenvalue weighted by molar-refractivity contribution is -0.138. The van der Waals surface area contributed by atoms with Crippen molar-refractivity contribution in [3.63, 3.8) is 0 Å². The molecule has 0 aliphatic carbocycles. The molecule has 0 aromatic carbocycles. The maximum absolute atomic E-state index is 12.4. The average molecular weight is 282 g/mol. The second-order valence-electron chi connectivity index (χ2n) is 4.90. The van der Waals surface area contributed by atoms with Crippen molar-refractivity contribution in [3.05, 3.63) is 5.01 Å². The van der Waals surface area contributed by atoms with Crippen LogP contribution in [0.4, 0.5) is 18.3 Å². The molecule has 0 amide bonds. The molecule has 0 bridgehead atoms. The van der Waals surface area contributed by atoms with Crippen molar-refractivity contribution in [1.82, 2.24) is 10.2 Å². The van der Waals surface area contributed by atoms with E-state index in [1.54, 1.807) is 0 Å². The highest BCUT2D eigenvalue weighted by molar-refractivity contribution is 7.15. The topological polar surface area (TPSA) is 63.8 Å². The molecule has 0 radical (unpaired) electrons. The van der Waals surface area contributed by atoms with E-state index in [2.05, 4.69) is 15.5 Å². The Hall–Kier alpha value is -0.890. The number of nitrogens with two attached hydrogens (primary N) is 1. The van der Waals surface area contributed by atoms with Crippen molar-refractivity contribution in [2.75, 3.05) is 11.9 Å². The van der Waals surface area contributed by atoms with E-state index in [1.807, 2.05) is 20.8 Å². The zero-order valence-corrected chi connectivity index (χ0v) is 11.3. The zero-order chi connectivity index (χ0) is 14.0. The van der Waals surface area contributed by atoms with Gasteiger partial charge in [-0.3, -0.25) is 0 Å². The molecular formula is C10H17F3N4S. The first-order chi connectivity index (χ1) is 8.16. The highest BCUT2D eigenvalue weighted by Gasteiger charge is 2.36. The zero-order valence-electron chi connectivity index (χ0n) is 10.5. The van der Waals surface area contributed by atoms with Gasteiger partial charge in [0.15, 0.2) is 0 Å².